The third-order valence-corrected chi connectivity index (χ3v) is 4.90. The van der Waals surface area contributed by atoms with Gasteiger partial charge in [0.2, 0.25) is 0 Å². The van der Waals surface area contributed by atoms with Gasteiger partial charge in [0.15, 0.2) is 0 Å². The molecule has 1 N–H and O–H groups in total. The van der Waals surface area contributed by atoms with E-state index in [1.54, 1.807) is 0 Å². The summed E-state index contributed by atoms with van der Waals surface area (Å²) in [7, 11) is 0. The highest BCUT2D eigenvalue weighted by molar-refractivity contribution is 5.47. The summed E-state index contributed by atoms with van der Waals surface area (Å²) in [5.74, 6) is 0.999. The Morgan fingerprint density at radius 3 is 2.20 bits per heavy atom. The zero-order chi connectivity index (χ0) is 13.6. The van der Waals surface area contributed by atoms with Gasteiger partial charge in [-0.1, -0.05) is 43.3 Å². The molecule has 2 aliphatic rings. The van der Waals surface area contributed by atoms with Crippen molar-refractivity contribution in [3.05, 3.63) is 59.8 Å². The molecule has 1 aromatic carbocycles. The molecule has 0 radical (unpaired) electrons. The van der Waals surface area contributed by atoms with Gasteiger partial charge in [-0.3, -0.25) is 0 Å². The van der Waals surface area contributed by atoms with Gasteiger partial charge >= 0.3 is 0 Å². The quantitative estimate of drug-likeness (QED) is 0.893. The Balaban J connectivity index is 1.54. The van der Waals surface area contributed by atoms with Crippen molar-refractivity contribution in [1.82, 2.24) is 4.98 Å². The van der Waals surface area contributed by atoms with E-state index in [4.69, 9.17) is 0 Å². The molecule has 0 spiro atoms. The van der Waals surface area contributed by atoms with E-state index in [1.165, 1.54) is 36.8 Å². The second kappa shape index (κ2) is 4.08. The minimum absolute atomic E-state index is 0.124. The van der Waals surface area contributed by atoms with E-state index in [2.05, 4.69) is 65.9 Å². The van der Waals surface area contributed by atoms with Crippen LogP contribution in [0.1, 0.15) is 43.7 Å². The molecule has 20 heavy (non-hydrogen) atoms. The van der Waals surface area contributed by atoms with E-state index < -0.39 is 0 Å². The van der Waals surface area contributed by atoms with Crippen molar-refractivity contribution < 1.29 is 0 Å². The zero-order valence-corrected chi connectivity index (χ0v) is 11.9. The highest BCUT2D eigenvalue weighted by Crippen LogP contribution is 2.49. The third-order valence-electron chi connectivity index (χ3n) is 4.90. The lowest BCUT2D eigenvalue weighted by Gasteiger charge is -2.19. The summed E-state index contributed by atoms with van der Waals surface area (Å²) in [6.45, 7) is 2.32. The van der Waals surface area contributed by atoms with Crippen molar-refractivity contribution in [2.24, 2.45) is 0 Å². The topological polar surface area (TPSA) is 24.9 Å². The Kier molecular flexibility index (Phi) is 2.44. The van der Waals surface area contributed by atoms with Crippen molar-refractivity contribution in [3.63, 3.8) is 0 Å². The first-order chi connectivity index (χ1) is 9.70. The minimum Gasteiger partial charge on any atom is -0.361 e. The van der Waals surface area contributed by atoms with Gasteiger partial charge in [-0.2, -0.15) is 0 Å². The SMILES string of the molecule is CC1(c2ccc(NC3(c4ccccc4)CC3)nc2)CC1. The fourth-order valence-corrected chi connectivity index (χ4v) is 2.91. The summed E-state index contributed by atoms with van der Waals surface area (Å²) in [5.41, 5.74) is 3.29. The maximum Gasteiger partial charge on any atom is 0.126 e. The average molecular weight is 264 g/mol. The first kappa shape index (κ1) is 12.0. The fourth-order valence-electron chi connectivity index (χ4n) is 2.91. The number of rotatable bonds is 4. The van der Waals surface area contributed by atoms with Crippen molar-refractivity contribution in [2.75, 3.05) is 5.32 Å². The van der Waals surface area contributed by atoms with Gasteiger partial charge in [-0.25, -0.2) is 4.98 Å². The number of nitrogens with one attached hydrogen (secondary N) is 1. The summed E-state index contributed by atoms with van der Waals surface area (Å²) < 4.78 is 0. The third kappa shape index (κ3) is 2.00. The number of hydrogen-bond acceptors (Lipinski definition) is 2. The van der Waals surface area contributed by atoms with Crippen molar-refractivity contribution in [1.29, 1.82) is 0 Å². The maximum atomic E-state index is 4.62. The van der Waals surface area contributed by atoms with Crippen LogP contribution in [0.15, 0.2) is 48.7 Å². The van der Waals surface area contributed by atoms with Gasteiger partial charge in [-0.15, -0.1) is 0 Å². The van der Waals surface area contributed by atoms with Crippen LogP contribution in [0.4, 0.5) is 5.82 Å². The summed E-state index contributed by atoms with van der Waals surface area (Å²) in [6.07, 6.45) is 7.04. The van der Waals surface area contributed by atoms with Crippen molar-refractivity contribution in [3.8, 4) is 0 Å². The number of hydrogen-bond donors (Lipinski definition) is 1. The molecular formula is C18H20N2. The average Bonchev–Trinajstić information content (AvgIpc) is 3.40. The second-order valence-electron chi connectivity index (χ2n) is 6.57. The van der Waals surface area contributed by atoms with Gasteiger partial charge < -0.3 is 5.32 Å². The predicted octanol–water partition coefficient (Wildman–Crippen LogP) is 4.23. The van der Waals surface area contributed by atoms with Gasteiger partial charge in [0, 0.05) is 6.20 Å². The van der Waals surface area contributed by atoms with Crippen LogP contribution in [0, 0.1) is 0 Å². The first-order valence-electron chi connectivity index (χ1n) is 7.51. The lowest BCUT2D eigenvalue weighted by Crippen LogP contribution is -2.19. The van der Waals surface area contributed by atoms with E-state index in [0.29, 0.717) is 5.41 Å². The summed E-state index contributed by atoms with van der Waals surface area (Å²) >= 11 is 0. The summed E-state index contributed by atoms with van der Waals surface area (Å²) in [5, 5.41) is 3.63. The molecule has 0 unspecified atom stereocenters. The van der Waals surface area contributed by atoms with E-state index in [-0.39, 0.29) is 5.54 Å². The predicted molar refractivity (Wildman–Crippen MR) is 81.8 cm³/mol. The van der Waals surface area contributed by atoms with Gasteiger partial charge in [-0.05, 0) is 48.3 Å². The van der Waals surface area contributed by atoms with Crippen molar-refractivity contribution in [2.45, 2.75) is 43.6 Å². The van der Waals surface area contributed by atoms with Crippen LogP contribution in [0.2, 0.25) is 0 Å². The smallest absolute Gasteiger partial charge is 0.126 e. The molecule has 0 aliphatic heterocycles. The summed E-state index contributed by atoms with van der Waals surface area (Å²) in [6, 6.07) is 15.1. The van der Waals surface area contributed by atoms with E-state index in [0.717, 1.165) is 5.82 Å². The molecule has 102 valence electrons. The van der Waals surface area contributed by atoms with Crippen LogP contribution in [0.3, 0.4) is 0 Å². The lowest BCUT2D eigenvalue weighted by atomic mass is 10.0. The molecule has 0 saturated heterocycles. The molecular weight excluding hydrogens is 244 g/mol. The van der Waals surface area contributed by atoms with Gasteiger partial charge in [0.25, 0.3) is 0 Å². The zero-order valence-electron chi connectivity index (χ0n) is 11.9. The molecule has 1 aromatic heterocycles. The molecule has 2 nitrogen and oxygen atoms in total. The number of aromatic nitrogens is 1. The van der Waals surface area contributed by atoms with Crippen LogP contribution >= 0.6 is 0 Å². The second-order valence-corrected chi connectivity index (χ2v) is 6.57. The van der Waals surface area contributed by atoms with Crippen molar-refractivity contribution >= 4 is 5.82 Å². The standard InChI is InChI=1S/C18H20N2/c1-17(9-10-17)15-7-8-16(19-13-15)20-18(11-12-18)14-5-3-2-4-6-14/h2-8,13H,9-12H2,1H3,(H,19,20). The molecule has 2 aromatic rings. The van der Waals surface area contributed by atoms with Crippen LogP contribution in [0.5, 0.6) is 0 Å². The monoisotopic (exact) mass is 264 g/mol. The molecule has 1 heterocycles. The van der Waals surface area contributed by atoms with E-state index >= 15 is 0 Å². The summed E-state index contributed by atoms with van der Waals surface area (Å²) in [4.78, 5) is 4.62. The Labute approximate surface area is 120 Å². The van der Waals surface area contributed by atoms with Gasteiger partial charge in [0.1, 0.15) is 5.82 Å². The number of anilines is 1. The van der Waals surface area contributed by atoms with Crippen LogP contribution in [-0.2, 0) is 11.0 Å². The van der Waals surface area contributed by atoms with Gasteiger partial charge in [0.05, 0.1) is 5.54 Å². The Morgan fingerprint density at radius 1 is 0.900 bits per heavy atom. The molecule has 4 rings (SSSR count). The Bertz CT molecular complexity index is 608. The molecule has 2 aliphatic carbocycles. The molecule has 0 amide bonds. The van der Waals surface area contributed by atoms with E-state index in [9.17, 15) is 0 Å². The highest BCUT2D eigenvalue weighted by Gasteiger charge is 2.44. The van der Waals surface area contributed by atoms with Crippen LogP contribution in [0.25, 0.3) is 0 Å². The maximum absolute atomic E-state index is 4.62. The Hall–Kier alpha value is -1.83. The molecule has 0 bridgehead atoms. The first-order valence-corrected chi connectivity index (χ1v) is 7.51. The molecule has 2 heteroatoms. The highest BCUT2D eigenvalue weighted by atomic mass is 15.1. The number of benzene rings is 1. The normalized spacial score (nSPS) is 21.2. The van der Waals surface area contributed by atoms with Crippen LogP contribution in [-0.4, -0.2) is 4.98 Å². The van der Waals surface area contributed by atoms with Crippen LogP contribution < -0.4 is 5.32 Å². The fraction of sp³-hybridized carbons (Fsp3) is 0.389. The Morgan fingerprint density at radius 2 is 1.65 bits per heavy atom. The number of pyridine rings is 1. The van der Waals surface area contributed by atoms with E-state index in [1.807, 2.05) is 0 Å². The molecule has 2 saturated carbocycles. The lowest BCUT2D eigenvalue weighted by molar-refractivity contribution is 0.774. The number of nitrogens with zero attached hydrogens (tertiary/aromatic N) is 1. The molecule has 0 atom stereocenters. The largest absolute Gasteiger partial charge is 0.361 e. The molecule has 2 fully saturated rings. The minimum atomic E-state index is 0.124.